The van der Waals surface area contributed by atoms with Crippen LogP contribution in [0.3, 0.4) is 0 Å². The highest BCUT2D eigenvalue weighted by molar-refractivity contribution is 7.89. The van der Waals surface area contributed by atoms with Crippen molar-refractivity contribution in [1.82, 2.24) is 4.72 Å². The first-order chi connectivity index (χ1) is 8.36. The van der Waals surface area contributed by atoms with Crippen LogP contribution in [0.2, 0.25) is 0 Å². The van der Waals surface area contributed by atoms with Crippen LogP contribution in [0, 0.1) is 6.92 Å². The molecular weight excluding hydrogens is 278 g/mol. The summed E-state index contributed by atoms with van der Waals surface area (Å²) in [5.41, 5.74) is 0.908. The van der Waals surface area contributed by atoms with Crippen molar-refractivity contribution in [3.63, 3.8) is 0 Å². The second-order valence-corrected chi connectivity index (χ2v) is 5.88. The Balaban J connectivity index is 2.93. The molecule has 7 heteroatoms. The zero-order valence-electron chi connectivity index (χ0n) is 9.72. The van der Waals surface area contributed by atoms with Crippen LogP contribution in [0.4, 0.5) is 0 Å². The van der Waals surface area contributed by atoms with Crippen LogP contribution in [-0.2, 0) is 14.8 Å². The summed E-state index contributed by atoms with van der Waals surface area (Å²) < 4.78 is 25.8. The number of rotatable bonds is 6. The van der Waals surface area contributed by atoms with Gasteiger partial charge in [-0.2, -0.15) is 0 Å². The highest BCUT2D eigenvalue weighted by atomic mass is 35.5. The molecular formula is C11H13ClNO4S-. The Bertz CT molecular complexity index is 512. The number of aryl methyl sites for hydroxylation is 1. The summed E-state index contributed by atoms with van der Waals surface area (Å²) >= 11 is 5.41. The van der Waals surface area contributed by atoms with Crippen molar-refractivity contribution in [1.29, 1.82) is 0 Å². The van der Waals surface area contributed by atoms with Gasteiger partial charge in [-0.3, -0.25) is 0 Å². The Hall–Kier alpha value is -1.11. The predicted octanol–water partition coefficient (Wildman–Crippen LogP) is 0.0207. The maximum Gasteiger partial charge on any atom is 0.241 e. The number of sulfonamides is 1. The van der Waals surface area contributed by atoms with E-state index < -0.39 is 22.0 Å². The lowest BCUT2D eigenvalue weighted by Crippen LogP contribution is -2.48. The molecule has 5 nitrogen and oxygen atoms in total. The molecule has 1 aromatic carbocycles. The minimum Gasteiger partial charge on any atom is -0.548 e. The summed E-state index contributed by atoms with van der Waals surface area (Å²) in [5.74, 6) is -1.47. The summed E-state index contributed by atoms with van der Waals surface area (Å²) in [5, 5.41) is 10.8. The third-order valence-electron chi connectivity index (χ3n) is 2.31. The van der Waals surface area contributed by atoms with Gasteiger partial charge in [0, 0.05) is 5.88 Å². The van der Waals surface area contributed by atoms with Crippen molar-refractivity contribution >= 4 is 27.6 Å². The molecule has 0 saturated carbocycles. The average Bonchev–Trinajstić information content (AvgIpc) is 2.28. The predicted molar refractivity (Wildman–Crippen MR) is 65.6 cm³/mol. The smallest absolute Gasteiger partial charge is 0.241 e. The van der Waals surface area contributed by atoms with Crippen molar-refractivity contribution in [3.05, 3.63) is 29.8 Å². The average molecular weight is 291 g/mol. The molecule has 1 aromatic rings. The first-order valence-corrected chi connectivity index (χ1v) is 7.24. The number of carboxylic acids is 1. The number of aliphatic carboxylic acids is 1. The number of carboxylic acid groups (broad SMARTS) is 1. The maximum absolute atomic E-state index is 11.9. The van der Waals surface area contributed by atoms with Crippen LogP contribution >= 0.6 is 11.6 Å². The van der Waals surface area contributed by atoms with Crippen LogP contribution < -0.4 is 9.83 Å². The summed E-state index contributed by atoms with van der Waals surface area (Å²) in [4.78, 5) is 10.8. The second-order valence-electron chi connectivity index (χ2n) is 3.78. The minimum atomic E-state index is -3.87. The number of carbonyl (C=O) groups is 1. The molecule has 1 atom stereocenters. The molecule has 0 saturated heterocycles. The van der Waals surface area contributed by atoms with E-state index in [2.05, 4.69) is 4.72 Å². The van der Waals surface area contributed by atoms with E-state index in [4.69, 9.17) is 11.6 Å². The third-order valence-corrected chi connectivity index (χ3v) is 4.02. The molecule has 1 N–H and O–H groups in total. The minimum absolute atomic E-state index is 0.00826. The molecule has 0 fully saturated rings. The van der Waals surface area contributed by atoms with Crippen LogP contribution in [-0.4, -0.2) is 26.3 Å². The second kappa shape index (κ2) is 6.17. The Kier molecular flexibility index (Phi) is 5.13. The first-order valence-electron chi connectivity index (χ1n) is 5.22. The van der Waals surface area contributed by atoms with Gasteiger partial charge in [-0.25, -0.2) is 13.1 Å². The Morgan fingerprint density at radius 2 is 1.94 bits per heavy atom. The molecule has 0 amide bonds. The van der Waals surface area contributed by atoms with Crippen LogP contribution in [0.15, 0.2) is 29.2 Å². The van der Waals surface area contributed by atoms with Crippen molar-refractivity contribution in [2.75, 3.05) is 5.88 Å². The molecule has 0 spiro atoms. The lowest BCUT2D eigenvalue weighted by Gasteiger charge is -2.18. The molecule has 0 heterocycles. The molecule has 100 valence electrons. The summed E-state index contributed by atoms with van der Waals surface area (Å²) in [6.07, 6.45) is -0.0328. The molecule has 0 aliphatic rings. The quantitative estimate of drug-likeness (QED) is 0.749. The summed E-state index contributed by atoms with van der Waals surface area (Å²) in [6, 6.07) is 4.75. The van der Waals surface area contributed by atoms with E-state index in [9.17, 15) is 18.3 Å². The topological polar surface area (TPSA) is 86.3 Å². The van der Waals surface area contributed by atoms with Gasteiger partial charge in [-0.05, 0) is 25.5 Å². The number of nitrogens with one attached hydrogen (secondary N) is 1. The number of carbonyl (C=O) groups excluding carboxylic acids is 1. The van der Waals surface area contributed by atoms with E-state index in [0.717, 1.165) is 5.56 Å². The Morgan fingerprint density at radius 1 is 1.39 bits per heavy atom. The van der Waals surface area contributed by atoms with Gasteiger partial charge in [-0.1, -0.05) is 17.7 Å². The molecule has 0 aliphatic heterocycles. The molecule has 1 unspecified atom stereocenters. The highest BCUT2D eigenvalue weighted by Gasteiger charge is 2.20. The van der Waals surface area contributed by atoms with Crippen LogP contribution in [0.5, 0.6) is 0 Å². The molecule has 18 heavy (non-hydrogen) atoms. The SMILES string of the molecule is Cc1ccc(S(=O)(=O)NC(CCCl)C(=O)[O-])cc1. The normalized spacial score (nSPS) is 13.2. The fourth-order valence-electron chi connectivity index (χ4n) is 1.31. The maximum atomic E-state index is 11.9. The zero-order valence-corrected chi connectivity index (χ0v) is 11.3. The van der Waals surface area contributed by atoms with Crippen LogP contribution in [0.1, 0.15) is 12.0 Å². The first kappa shape index (κ1) is 14.9. The number of halogens is 1. The zero-order chi connectivity index (χ0) is 13.8. The van der Waals surface area contributed by atoms with Gasteiger partial charge in [0.2, 0.25) is 10.0 Å². The van der Waals surface area contributed by atoms with Crippen molar-refractivity contribution < 1.29 is 18.3 Å². The molecule has 0 aliphatic carbocycles. The largest absolute Gasteiger partial charge is 0.548 e. The van der Waals surface area contributed by atoms with Gasteiger partial charge in [-0.15, -0.1) is 11.6 Å². The molecule has 1 rings (SSSR count). The van der Waals surface area contributed by atoms with Gasteiger partial charge in [0.1, 0.15) is 0 Å². The molecule has 0 radical (unpaired) electrons. The summed E-state index contributed by atoms with van der Waals surface area (Å²) in [7, 11) is -3.87. The molecule has 0 bridgehead atoms. The van der Waals surface area contributed by atoms with Gasteiger partial charge in [0.25, 0.3) is 0 Å². The van der Waals surface area contributed by atoms with E-state index >= 15 is 0 Å². The van der Waals surface area contributed by atoms with Gasteiger partial charge >= 0.3 is 0 Å². The number of hydrogen-bond acceptors (Lipinski definition) is 4. The lowest BCUT2D eigenvalue weighted by molar-refractivity contribution is -0.308. The standard InChI is InChI=1S/C11H14ClNO4S/c1-8-2-4-9(5-3-8)18(16,17)13-10(6-7-12)11(14)15/h2-5,10,13H,6-7H2,1H3,(H,14,15)/p-1. The molecule has 0 aromatic heterocycles. The Labute approximate surface area is 111 Å². The lowest BCUT2D eigenvalue weighted by atomic mass is 10.2. The van der Waals surface area contributed by atoms with E-state index in [-0.39, 0.29) is 17.2 Å². The fourth-order valence-corrected chi connectivity index (χ4v) is 2.74. The van der Waals surface area contributed by atoms with Crippen molar-refractivity contribution in [2.24, 2.45) is 0 Å². The van der Waals surface area contributed by atoms with E-state index in [0.29, 0.717) is 0 Å². The van der Waals surface area contributed by atoms with Gasteiger partial charge < -0.3 is 9.90 Å². The Morgan fingerprint density at radius 3 is 2.39 bits per heavy atom. The third kappa shape index (κ3) is 3.97. The fraction of sp³-hybridized carbons (Fsp3) is 0.364. The van der Waals surface area contributed by atoms with E-state index in [1.807, 2.05) is 6.92 Å². The monoisotopic (exact) mass is 290 g/mol. The number of benzene rings is 1. The van der Waals surface area contributed by atoms with Crippen molar-refractivity contribution in [3.8, 4) is 0 Å². The van der Waals surface area contributed by atoms with Gasteiger partial charge in [0.15, 0.2) is 0 Å². The summed E-state index contributed by atoms with van der Waals surface area (Å²) in [6.45, 7) is 1.82. The van der Waals surface area contributed by atoms with Crippen molar-refractivity contribution in [2.45, 2.75) is 24.3 Å². The van der Waals surface area contributed by atoms with Crippen LogP contribution in [0.25, 0.3) is 0 Å². The number of hydrogen-bond donors (Lipinski definition) is 1. The highest BCUT2D eigenvalue weighted by Crippen LogP contribution is 2.11. The van der Waals surface area contributed by atoms with Gasteiger partial charge in [0.05, 0.1) is 16.9 Å². The number of alkyl halides is 1. The van der Waals surface area contributed by atoms with E-state index in [1.165, 1.54) is 12.1 Å². The van der Waals surface area contributed by atoms with E-state index in [1.54, 1.807) is 12.1 Å².